The van der Waals surface area contributed by atoms with E-state index in [2.05, 4.69) is 27.9 Å². The average molecular weight is 464 g/mol. The number of halogens is 1. The van der Waals surface area contributed by atoms with Crippen molar-refractivity contribution in [2.24, 2.45) is 0 Å². The lowest BCUT2D eigenvalue weighted by Gasteiger charge is -2.28. The van der Waals surface area contributed by atoms with Crippen molar-refractivity contribution in [1.29, 1.82) is 0 Å². The Morgan fingerprint density at radius 1 is 1.23 bits per heavy atom. The largest absolute Gasteiger partial charge is 0.495 e. The number of aryl methyl sites for hydroxylation is 1. The summed E-state index contributed by atoms with van der Waals surface area (Å²) < 4.78 is 6.35. The standard InChI is InChI=1S/C20H21IN2O3/c1-13-6-5-7-15(19(13)21)20(25)22-14-9-10-17(26-2)16(12-14)23-11-4-3-8-18(23)24/h5-7,9-10,12H,3-4,8,11H2,1-2H3,(H,22,25). The number of piperidine rings is 1. The Labute approximate surface area is 166 Å². The molecule has 0 atom stereocenters. The first-order chi connectivity index (χ1) is 12.5. The van der Waals surface area contributed by atoms with Crippen LogP contribution in [0.5, 0.6) is 5.75 Å². The molecule has 3 rings (SSSR count). The maximum atomic E-state index is 12.7. The summed E-state index contributed by atoms with van der Waals surface area (Å²) in [5.41, 5.74) is 3.04. The summed E-state index contributed by atoms with van der Waals surface area (Å²) in [6, 6.07) is 11.0. The van der Waals surface area contributed by atoms with Crippen LogP contribution in [0.2, 0.25) is 0 Å². The van der Waals surface area contributed by atoms with Crippen molar-refractivity contribution in [3.05, 3.63) is 51.1 Å². The highest BCUT2D eigenvalue weighted by molar-refractivity contribution is 14.1. The van der Waals surface area contributed by atoms with E-state index in [1.165, 1.54) is 0 Å². The van der Waals surface area contributed by atoms with Crippen LogP contribution < -0.4 is 15.0 Å². The lowest BCUT2D eigenvalue weighted by atomic mass is 10.1. The summed E-state index contributed by atoms with van der Waals surface area (Å²) in [7, 11) is 1.58. The van der Waals surface area contributed by atoms with Gasteiger partial charge < -0.3 is 15.0 Å². The molecule has 0 aromatic heterocycles. The number of benzene rings is 2. The molecule has 2 aromatic rings. The van der Waals surface area contributed by atoms with Crippen LogP contribution in [0, 0.1) is 10.5 Å². The average Bonchev–Trinajstić information content (AvgIpc) is 2.64. The molecule has 0 aliphatic carbocycles. The second kappa shape index (κ2) is 8.07. The lowest BCUT2D eigenvalue weighted by molar-refractivity contribution is -0.119. The Morgan fingerprint density at radius 2 is 2.04 bits per heavy atom. The number of hydrogen-bond acceptors (Lipinski definition) is 3. The number of ether oxygens (including phenoxy) is 1. The Bertz CT molecular complexity index is 851. The highest BCUT2D eigenvalue weighted by atomic mass is 127. The summed E-state index contributed by atoms with van der Waals surface area (Å²) >= 11 is 2.18. The zero-order chi connectivity index (χ0) is 18.7. The van der Waals surface area contributed by atoms with Crippen LogP contribution in [0.1, 0.15) is 35.2 Å². The van der Waals surface area contributed by atoms with Gasteiger partial charge in [-0.25, -0.2) is 0 Å². The number of anilines is 2. The minimum atomic E-state index is -0.167. The molecule has 0 saturated carbocycles. The zero-order valence-corrected chi connectivity index (χ0v) is 17.0. The summed E-state index contributed by atoms with van der Waals surface area (Å²) in [5, 5.41) is 2.93. The molecule has 2 aromatic carbocycles. The van der Waals surface area contributed by atoms with Gasteiger partial charge in [0, 0.05) is 22.2 Å². The smallest absolute Gasteiger partial charge is 0.256 e. The summed E-state index contributed by atoms with van der Waals surface area (Å²) in [6.45, 7) is 2.65. The molecular weight excluding hydrogens is 443 g/mol. The molecule has 6 heteroatoms. The fourth-order valence-electron chi connectivity index (χ4n) is 3.06. The van der Waals surface area contributed by atoms with E-state index < -0.39 is 0 Å². The molecule has 1 fully saturated rings. The van der Waals surface area contributed by atoms with E-state index in [1.54, 1.807) is 24.1 Å². The van der Waals surface area contributed by atoms with Crippen molar-refractivity contribution in [2.75, 3.05) is 23.9 Å². The Kier molecular flexibility index (Phi) is 5.80. The molecule has 1 aliphatic rings. The van der Waals surface area contributed by atoms with Gasteiger partial charge in [-0.05, 0) is 72.2 Å². The Balaban J connectivity index is 1.89. The van der Waals surface area contributed by atoms with Crippen LogP contribution in [0.25, 0.3) is 0 Å². The van der Waals surface area contributed by atoms with Gasteiger partial charge in [-0.3, -0.25) is 9.59 Å². The third kappa shape index (κ3) is 3.85. The zero-order valence-electron chi connectivity index (χ0n) is 14.8. The molecule has 0 unspecified atom stereocenters. The molecule has 1 N–H and O–H groups in total. The molecular formula is C20H21IN2O3. The van der Waals surface area contributed by atoms with E-state index in [0.29, 0.717) is 35.7 Å². The maximum absolute atomic E-state index is 12.7. The second-order valence-electron chi connectivity index (χ2n) is 6.28. The predicted molar refractivity (Wildman–Crippen MR) is 111 cm³/mol. The van der Waals surface area contributed by atoms with E-state index in [0.717, 1.165) is 22.0 Å². The second-order valence-corrected chi connectivity index (χ2v) is 7.36. The fraction of sp³-hybridized carbons (Fsp3) is 0.300. The molecule has 1 saturated heterocycles. The SMILES string of the molecule is COc1ccc(NC(=O)c2cccc(C)c2I)cc1N1CCCCC1=O. The van der Waals surface area contributed by atoms with E-state index in [9.17, 15) is 9.59 Å². The van der Waals surface area contributed by atoms with Crippen LogP contribution in [0.15, 0.2) is 36.4 Å². The molecule has 1 aliphatic heterocycles. The Morgan fingerprint density at radius 3 is 2.77 bits per heavy atom. The van der Waals surface area contributed by atoms with Crippen LogP contribution in [-0.2, 0) is 4.79 Å². The number of amides is 2. The molecule has 136 valence electrons. The normalized spacial score (nSPS) is 14.3. The van der Waals surface area contributed by atoms with Gasteiger partial charge in [0.25, 0.3) is 5.91 Å². The van der Waals surface area contributed by atoms with Crippen molar-refractivity contribution >= 4 is 45.8 Å². The molecule has 2 amide bonds. The van der Waals surface area contributed by atoms with Gasteiger partial charge in [0.2, 0.25) is 5.91 Å². The van der Waals surface area contributed by atoms with Crippen LogP contribution >= 0.6 is 22.6 Å². The number of carbonyl (C=O) groups excluding carboxylic acids is 2. The highest BCUT2D eigenvalue weighted by Crippen LogP contribution is 2.34. The van der Waals surface area contributed by atoms with Gasteiger partial charge >= 0.3 is 0 Å². The molecule has 0 spiro atoms. The molecule has 5 nitrogen and oxygen atoms in total. The molecule has 1 heterocycles. The van der Waals surface area contributed by atoms with E-state index in [1.807, 2.05) is 31.2 Å². The third-order valence-corrected chi connectivity index (χ3v) is 5.92. The minimum Gasteiger partial charge on any atom is -0.495 e. The first-order valence-corrected chi connectivity index (χ1v) is 9.64. The van der Waals surface area contributed by atoms with Crippen molar-refractivity contribution in [3.63, 3.8) is 0 Å². The van der Waals surface area contributed by atoms with Crippen molar-refractivity contribution in [2.45, 2.75) is 26.2 Å². The predicted octanol–water partition coefficient (Wildman–Crippen LogP) is 4.38. The van der Waals surface area contributed by atoms with Crippen molar-refractivity contribution in [3.8, 4) is 5.75 Å². The van der Waals surface area contributed by atoms with Gasteiger partial charge in [-0.1, -0.05) is 12.1 Å². The Hall–Kier alpha value is -2.09. The van der Waals surface area contributed by atoms with Gasteiger partial charge in [-0.15, -0.1) is 0 Å². The third-order valence-electron chi connectivity index (χ3n) is 4.49. The van der Waals surface area contributed by atoms with E-state index in [-0.39, 0.29) is 11.8 Å². The quantitative estimate of drug-likeness (QED) is 0.684. The number of rotatable bonds is 4. The summed E-state index contributed by atoms with van der Waals surface area (Å²) in [5.74, 6) is 0.550. The minimum absolute atomic E-state index is 0.0891. The number of methoxy groups -OCH3 is 1. The molecule has 0 bridgehead atoms. The first kappa shape index (κ1) is 18.7. The fourth-order valence-corrected chi connectivity index (χ4v) is 3.67. The summed E-state index contributed by atoms with van der Waals surface area (Å²) in [6.07, 6.45) is 2.42. The van der Waals surface area contributed by atoms with E-state index >= 15 is 0 Å². The lowest BCUT2D eigenvalue weighted by Crippen LogP contribution is -2.35. The van der Waals surface area contributed by atoms with Gasteiger partial charge in [0.05, 0.1) is 18.4 Å². The van der Waals surface area contributed by atoms with E-state index in [4.69, 9.17) is 4.74 Å². The van der Waals surface area contributed by atoms with Crippen LogP contribution in [0.4, 0.5) is 11.4 Å². The van der Waals surface area contributed by atoms with Gasteiger partial charge in [0.1, 0.15) is 5.75 Å². The van der Waals surface area contributed by atoms with Crippen LogP contribution in [0.3, 0.4) is 0 Å². The highest BCUT2D eigenvalue weighted by Gasteiger charge is 2.23. The molecule has 0 radical (unpaired) electrons. The number of nitrogens with one attached hydrogen (secondary N) is 1. The van der Waals surface area contributed by atoms with Crippen molar-refractivity contribution in [1.82, 2.24) is 0 Å². The summed E-state index contributed by atoms with van der Waals surface area (Å²) in [4.78, 5) is 26.7. The molecule has 26 heavy (non-hydrogen) atoms. The number of carbonyl (C=O) groups is 2. The van der Waals surface area contributed by atoms with Gasteiger partial charge in [-0.2, -0.15) is 0 Å². The maximum Gasteiger partial charge on any atom is 0.256 e. The van der Waals surface area contributed by atoms with Crippen LogP contribution in [-0.4, -0.2) is 25.5 Å². The van der Waals surface area contributed by atoms with Gasteiger partial charge in [0.15, 0.2) is 0 Å². The number of nitrogens with zero attached hydrogens (tertiary/aromatic N) is 1. The monoisotopic (exact) mass is 464 g/mol. The number of hydrogen-bond donors (Lipinski definition) is 1. The topological polar surface area (TPSA) is 58.6 Å². The van der Waals surface area contributed by atoms with Crippen molar-refractivity contribution < 1.29 is 14.3 Å². The first-order valence-electron chi connectivity index (χ1n) is 8.56.